The Kier molecular flexibility index (Phi) is 6.96. The topological polar surface area (TPSA) is 26.7 Å². The predicted octanol–water partition coefficient (Wildman–Crippen LogP) is 4.72. The summed E-state index contributed by atoms with van der Waals surface area (Å²) < 4.78 is 0. The molecule has 0 radical (unpaired) electrons. The summed E-state index contributed by atoms with van der Waals surface area (Å²) in [5.74, 6) is 0. The van der Waals surface area contributed by atoms with Crippen LogP contribution in [0.3, 0.4) is 0 Å². The Hall–Kier alpha value is -2.46. The van der Waals surface area contributed by atoms with Crippen LogP contribution in [0.1, 0.15) is 29.5 Å². The van der Waals surface area contributed by atoms with Crippen molar-refractivity contribution >= 4 is 0 Å². The molecule has 3 nitrogen and oxygen atoms in total. The molecule has 0 saturated carbocycles. The molecule has 1 unspecified atom stereocenters. The number of aliphatic hydroxyl groups excluding tert-OH is 1. The number of likely N-dealkylation sites (tertiary alicyclic amines) is 1. The zero-order chi connectivity index (χ0) is 20.7. The number of aliphatic hydroxyl groups is 1. The first-order valence-electron chi connectivity index (χ1n) is 11.0. The normalized spacial score (nSPS) is 19.4. The van der Waals surface area contributed by atoms with Gasteiger partial charge in [0.25, 0.3) is 0 Å². The van der Waals surface area contributed by atoms with Gasteiger partial charge in [-0.2, -0.15) is 0 Å². The maximum absolute atomic E-state index is 10.0. The van der Waals surface area contributed by atoms with Crippen LogP contribution in [0.15, 0.2) is 91.0 Å². The van der Waals surface area contributed by atoms with Crippen molar-refractivity contribution in [1.82, 2.24) is 9.80 Å². The SMILES string of the molecule is OCCC1(N(Cc2ccccc2)Cc2ccccc2)CCN(Cc2ccccc2)C1. The molecule has 156 valence electrons. The fourth-order valence-corrected chi connectivity index (χ4v) is 4.74. The highest BCUT2D eigenvalue weighted by Gasteiger charge is 2.42. The van der Waals surface area contributed by atoms with Gasteiger partial charge in [-0.1, -0.05) is 91.0 Å². The molecular formula is C27H32N2O. The minimum Gasteiger partial charge on any atom is -0.396 e. The molecule has 0 bridgehead atoms. The first kappa shape index (κ1) is 20.8. The summed E-state index contributed by atoms with van der Waals surface area (Å²) in [6, 6.07) is 32.2. The fourth-order valence-electron chi connectivity index (χ4n) is 4.74. The largest absolute Gasteiger partial charge is 0.396 e. The highest BCUT2D eigenvalue weighted by atomic mass is 16.3. The average molecular weight is 401 g/mol. The third kappa shape index (κ3) is 5.17. The van der Waals surface area contributed by atoms with Gasteiger partial charge in [0.05, 0.1) is 0 Å². The summed E-state index contributed by atoms with van der Waals surface area (Å²) in [4.78, 5) is 5.16. The van der Waals surface area contributed by atoms with Gasteiger partial charge in [-0.25, -0.2) is 0 Å². The van der Waals surface area contributed by atoms with Crippen molar-refractivity contribution in [2.75, 3.05) is 19.7 Å². The van der Waals surface area contributed by atoms with Gasteiger partial charge in [-0.3, -0.25) is 9.80 Å². The molecule has 1 aliphatic rings. The van der Waals surface area contributed by atoms with Crippen molar-refractivity contribution in [1.29, 1.82) is 0 Å². The summed E-state index contributed by atoms with van der Waals surface area (Å²) in [6.45, 7) is 5.04. The Morgan fingerprint density at radius 3 is 1.73 bits per heavy atom. The lowest BCUT2D eigenvalue weighted by molar-refractivity contribution is 0.0501. The number of hydrogen-bond acceptors (Lipinski definition) is 3. The quantitative estimate of drug-likeness (QED) is 0.563. The Balaban J connectivity index is 1.57. The van der Waals surface area contributed by atoms with Gasteiger partial charge in [0.2, 0.25) is 0 Å². The van der Waals surface area contributed by atoms with E-state index < -0.39 is 0 Å². The molecule has 0 amide bonds. The van der Waals surface area contributed by atoms with Gasteiger partial charge in [0, 0.05) is 44.9 Å². The predicted molar refractivity (Wildman–Crippen MR) is 123 cm³/mol. The van der Waals surface area contributed by atoms with Gasteiger partial charge in [-0.05, 0) is 29.5 Å². The second-order valence-electron chi connectivity index (χ2n) is 8.47. The molecule has 30 heavy (non-hydrogen) atoms. The summed E-state index contributed by atoms with van der Waals surface area (Å²) >= 11 is 0. The third-order valence-electron chi connectivity index (χ3n) is 6.34. The van der Waals surface area contributed by atoms with Crippen LogP contribution in [-0.2, 0) is 19.6 Å². The monoisotopic (exact) mass is 400 g/mol. The van der Waals surface area contributed by atoms with Crippen LogP contribution in [0.4, 0.5) is 0 Å². The molecule has 1 atom stereocenters. The van der Waals surface area contributed by atoms with E-state index in [1.807, 2.05) is 0 Å². The molecule has 0 spiro atoms. The molecule has 3 heteroatoms. The van der Waals surface area contributed by atoms with Crippen molar-refractivity contribution in [3.8, 4) is 0 Å². The highest BCUT2D eigenvalue weighted by molar-refractivity contribution is 5.20. The molecule has 1 saturated heterocycles. The number of rotatable bonds is 9. The summed E-state index contributed by atoms with van der Waals surface area (Å²) in [5.41, 5.74) is 3.99. The lowest BCUT2D eigenvalue weighted by Gasteiger charge is -2.42. The van der Waals surface area contributed by atoms with Crippen molar-refractivity contribution in [3.63, 3.8) is 0 Å². The van der Waals surface area contributed by atoms with Crippen molar-refractivity contribution in [2.24, 2.45) is 0 Å². The van der Waals surface area contributed by atoms with Crippen molar-refractivity contribution in [3.05, 3.63) is 108 Å². The zero-order valence-corrected chi connectivity index (χ0v) is 17.7. The molecule has 0 aliphatic carbocycles. The van der Waals surface area contributed by atoms with Gasteiger partial charge in [0.1, 0.15) is 0 Å². The van der Waals surface area contributed by atoms with Crippen LogP contribution in [-0.4, -0.2) is 40.1 Å². The zero-order valence-electron chi connectivity index (χ0n) is 17.7. The maximum Gasteiger partial charge on any atom is 0.0449 e. The van der Waals surface area contributed by atoms with Crippen LogP contribution in [0, 0.1) is 0 Å². The van der Waals surface area contributed by atoms with Crippen LogP contribution < -0.4 is 0 Å². The lowest BCUT2D eigenvalue weighted by atomic mass is 9.90. The number of benzene rings is 3. The van der Waals surface area contributed by atoms with Crippen molar-refractivity contribution < 1.29 is 5.11 Å². The van der Waals surface area contributed by atoms with Gasteiger partial charge >= 0.3 is 0 Å². The minimum absolute atomic E-state index is 0.0186. The molecule has 1 fully saturated rings. The summed E-state index contributed by atoms with van der Waals surface area (Å²) in [7, 11) is 0. The van der Waals surface area contributed by atoms with E-state index in [0.717, 1.165) is 45.6 Å². The number of nitrogens with zero attached hydrogens (tertiary/aromatic N) is 2. The minimum atomic E-state index is -0.0186. The lowest BCUT2D eigenvalue weighted by Crippen LogP contribution is -2.50. The highest BCUT2D eigenvalue weighted by Crippen LogP contribution is 2.34. The Morgan fingerprint density at radius 1 is 0.733 bits per heavy atom. The Labute approximate surface area is 180 Å². The first-order chi connectivity index (χ1) is 14.8. The smallest absolute Gasteiger partial charge is 0.0449 e. The second kappa shape index (κ2) is 10.0. The van der Waals surface area contributed by atoms with E-state index in [2.05, 4.69) is 101 Å². The van der Waals surface area contributed by atoms with Gasteiger partial charge < -0.3 is 5.11 Å². The molecule has 4 rings (SSSR count). The van der Waals surface area contributed by atoms with Crippen LogP contribution in [0.5, 0.6) is 0 Å². The Morgan fingerprint density at radius 2 is 1.23 bits per heavy atom. The van der Waals surface area contributed by atoms with E-state index in [0.29, 0.717) is 0 Å². The second-order valence-corrected chi connectivity index (χ2v) is 8.47. The van der Waals surface area contributed by atoms with Gasteiger partial charge in [0.15, 0.2) is 0 Å². The first-order valence-corrected chi connectivity index (χ1v) is 11.0. The average Bonchev–Trinajstić information content (AvgIpc) is 3.19. The van der Waals surface area contributed by atoms with E-state index in [1.54, 1.807) is 0 Å². The molecule has 3 aromatic carbocycles. The number of hydrogen-bond donors (Lipinski definition) is 1. The van der Waals surface area contributed by atoms with Crippen molar-refractivity contribution in [2.45, 2.75) is 38.0 Å². The molecule has 1 heterocycles. The Bertz CT molecular complexity index is 843. The van der Waals surface area contributed by atoms with E-state index in [9.17, 15) is 5.11 Å². The van der Waals surface area contributed by atoms with E-state index in [-0.39, 0.29) is 12.1 Å². The van der Waals surface area contributed by atoms with Crippen LogP contribution in [0.2, 0.25) is 0 Å². The maximum atomic E-state index is 10.0. The van der Waals surface area contributed by atoms with E-state index in [4.69, 9.17) is 0 Å². The molecule has 0 aromatic heterocycles. The molecule has 3 aromatic rings. The fraction of sp³-hybridized carbons (Fsp3) is 0.333. The summed E-state index contributed by atoms with van der Waals surface area (Å²) in [6.07, 6.45) is 1.89. The summed E-state index contributed by atoms with van der Waals surface area (Å²) in [5, 5.41) is 10.0. The van der Waals surface area contributed by atoms with E-state index >= 15 is 0 Å². The molecule has 1 aliphatic heterocycles. The standard InChI is InChI=1S/C27H32N2O/c30-19-17-27(16-18-28(23-27)20-24-10-4-1-5-11-24)29(21-25-12-6-2-7-13-25)22-26-14-8-3-9-15-26/h1-15,30H,16-23H2. The van der Waals surface area contributed by atoms with Gasteiger partial charge in [-0.15, -0.1) is 0 Å². The van der Waals surface area contributed by atoms with Crippen LogP contribution >= 0.6 is 0 Å². The molecular weight excluding hydrogens is 368 g/mol. The van der Waals surface area contributed by atoms with Crippen LogP contribution in [0.25, 0.3) is 0 Å². The molecule has 1 N–H and O–H groups in total. The third-order valence-corrected chi connectivity index (χ3v) is 6.34. The van der Waals surface area contributed by atoms with E-state index in [1.165, 1.54) is 16.7 Å².